The normalized spacial score (nSPS) is 12.1. The lowest BCUT2D eigenvalue weighted by atomic mass is 10.1. The van der Waals surface area contributed by atoms with Gasteiger partial charge in [0, 0.05) is 16.5 Å². The number of ether oxygens (including phenoxy) is 1. The first kappa shape index (κ1) is 16.1. The number of hydrogen-bond acceptors (Lipinski definition) is 4. The molecule has 0 aliphatic rings. The van der Waals surface area contributed by atoms with Gasteiger partial charge in [0.15, 0.2) is 6.10 Å². The van der Waals surface area contributed by atoms with E-state index >= 15 is 0 Å². The average Bonchev–Trinajstić information content (AvgIpc) is 2.55. The summed E-state index contributed by atoms with van der Waals surface area (Å²) in [6, 6.07) is 13.4. The van der Waals surface area contributed by atoms with E-state index in [1.807, 2.05) is 0 Å². The third kappa shape index (κ3) is 3.26. The summed E-state index contributed by atoms with van der Waals surface area (Å²) in [5.74, 6) is -0.755. The lowest BCUT2D eigenvalue weighted by Gasteiger charge is -2.10. The second kappa shape index (κ2) is 6.37. The highest BCUT2D eigenvalue weighted by atomic mass is 35.5. The van der Waals surface area contributed by atoms with Gasteiger partial charge in [-0.25, -0.2) is 9.59 Å². The van der Waals surface area contributed by atoms with Crippen molar-refractivity contribution < 1.29 is 19.1 Å². The minimum atomic E-state index is -1.07. The predicted molar refractivity (Wildman–Crippen MR) is 90.7 cm³/mol. The van der Waals surface area contributed by atoms with Gasteiger partial charge in [-0.05, 0) is 42.8 Å². The van der Waals surface area contributed by atoms with Crippen LogP contribution in [0.3, 0.4) is 0 Å². The van der Waals surface area contributed by atoms with E-state index in [0.717, 1.165) is 0 Å². The molecule has 1 N–H and O–H groups in total. The molecule has 0 bridgehead atoms. The molecular formula is C18H13ClO5. The summed E-state index contributed by atoms with van der Waals surface area (Å²) in [6.45, 7) is 1.42. The van der Waals surface area contributed by atoms with Gasteiger partial charge in [-0.2, -0.15) is 0 Å². The van der Waals surface area contributed by atoms with Crippen LogP contribution in [0.2, 0.25) is 5.02 Å². The van der Waals surface area contributed by atoms with Crippen molar-refractivity contribution in [2.24, 2.45) is 0 Å². The van der Waals surface area contributed by atoms with Crippen LogP contribution in [0.5, 0.6) is 5.75 Å². The lowest BCUT2D eigenvalue weighted by Crippen LogP contribution is -2.22. The van der Waals surface area contributed by atoms with Gasteiger partial charge in [0.2, 0.25) is 0 Å². The van der Waals surface area contributed by atoms with E-state index in [4.69, 9.17) is 25.9 Å². The van der Waals surface area contributed by atoms with Crippen LogP contribution >= 0.6 is 11.6 Å². The molecule has 2 aromatic carbocycles. The van der Waals surface area contributed by atoms with Crippen LogP contribution in [-0.2, 0) is 4.79 Å². The molecule has 0 amide bonds. The maximum Gasteiger partial charge on any atom is 0.344 e. The molecule has 1 aromatic heterocycles. The zero-order valence-electron chi connectivity index (χ0n) is 12.7. The summed E-state index contributed by atoms with van der Waals surface area (Å²) in [5, 5.41) is 10.2. The predicted octanol–water partition coefficient (Wildman–Crippen LogP) is 3.97. The first-order valence-electron chi connectivity index (χ1n) is 7.17. The summed E-state index contributed by atoms with van der Waals surface area (Å²) in [6.07, 6.45) is -0.998. The fourth-order valence-corrected chi connectivity index (χ4v) is 2.38. The number of halogens is 1. The standard InChI is InChI=1S/C18H13ClO5/c1-10(17(20)21)23-14-7-4-12-8-15(18(22)24-16(12)9-14)11-2-5-13(19)6-3-11/h2-10H,1H3,(H,20,21)/t10-/m0/s1. The van der Waals surface area contributed by atoms with E-state index in [9.17, 15) is 9.59 Å². The quantitative estimate of drug-likeness (QED) is 0.725. The summed E-state index contributed by atoms with van der Waals surface area (Å²) in [4.78, 5) is 23.1. The van der Waals surface area contributed by atoms with Gasteiger partial charge in [-0.3, -0.25) is 0 Å². The molecular weight excluding hydrogens is 332 g/mol. The molecule has 6 heteroatoms. The molecule has 0 saturated carbocycles. The molecule has 0 saturated heterocycles. The number of hydrogen-bond donors (Lipinski definition) is 1. The maximum absolute atomic E-state index is 12.2. The fourth-order valence-electron chi connectivity index (χ4n) is 2.25. The summed E-state index contributed by atoms with van der Waals surface area (Å²) in [7, 11) is 0. The highest BCUT2D eigenvalue weighted by Gasteiger charge is 2.14. The van der Waals surface area contributed by atoms with Crippen LogP contribution in [0.1, 0.15) is 6.92 Å². The van der Waals surface area contributed by atoms with Gasteiger partial charge in [0.25, 0.3) is 0 Å². The number of fused-ring (bicyclic) bond motifs is 1. The fraction of sp³-hybridized carbons (Fsp3) is 0.111. The smallest absolute Gasteiger partial charge is 0.344 e. The number of aliphatic carboxylic acids is 1. The van der Waals surface area contributed by atoms with Gasteiger partial charge in [0.1, 0.15) is 11.3 Å². The Morgan fingerprint density at radius 2 is 1.88 bits per heavy atom. The molecule has 1 heterocycles. The molecule has 3 aromatic rings. The molecule has 0 unspecified atom stereocenters. The Labute approximate surface area is 142 Å². The average molecular weight is 345 g/mol. The summed E-state index contributed by atoms with van der Waals surface area (Å²) in [5.41, 5.74) is 0.961. The molecule has 5 nitrogen and oxygen atoms in total. The van der Waals surface area contributed by atoms with E-state index < -0.39 is 17.7 Å². The van der Waals surface area contributed by atoms with Gasteiger partial charge in [-0.1, -0.05) is 23.7 Å². The van der Waals surface area contributed by atoms with Crippen LogP contribution < -0.4 is 10.4 Å². The summed E-state index contributed by atoms with van der Waals surface area (Å²) < 4.78 is 10.6. The van der Waals surface area contributed by atoms with E-state index in [-0.39, 0.29) is 0 Å². The summed E-state index contributed by atoms with van der Waals surface area (Å²) >= 11 is 5.86. The first-order chi connectivity index (χ1) is 11.4. The largest absolute Gasteiger partial charge is 0.479 e. The van der Waals surface area contributed by atoms with Crippen molar-refractivity contribution in [3.8, 4) is 16.9 Å². The Bertz CT molecular complexity index is 959. The Morgan fingerprint density at radius 3 is 2.54 bits per heavy atom. The van der Waals surface area contributed by atoms with Gasteiger partial charge in [0.05, 0.1) is 5.56 Å². The molecule has 0 radical (unpaired) electrons. The van der Waals surface area contributed by atoms with Crippen molar-refractivity contribution in [3.63, 3.8) is 0 Å². The van der Waals surface area contributed by atoms with Crippen LogP contribution in [-0.4, -0.2) is 17.2 Å². The van der Waals surface area contributed by atoms with Crippen molar-refractivity contribution in [2.45, 2.75) is 13.0 Å². The van der Waals surface area contributed by atoms with Crippen LogP contribution in [0.25, 0.3) is 22.1 Å². The molecule has 0 aliphatic heterocycles. The van der Waals surface area contributed by atoms with Crippen molar-refractivity contribution in [3.05, 3.63) is 64.0 Å². The van der Waals surface area contributed by atoms with Gasteiger partial charge >= 0.3 is 11.6 Å². The molecule has 3 rings (SSSR count). The Hall–Kier alpha value is -2.79. The number of carbonyl (C=O) groups is 1. The van der Waals surface area contributed by atoms with Crippen LogP contribution in [0, 0.1) is 0 Å². The van der Waals surface area contributed by atoms with Crippen molar-refractivity contribution in [1.82, 2.24) is 0 Å². The van der Waals surface area contributed by atoms with E-state index in [2.05, 4.69) is 0 Å². The molecule has 0 aliphatic carbocycles. The molecule has 1 atom stereocenters. The second-order valence-electron chi connectivity index (χ2n) is 5.25. The monoisotopic (exact) mass is 344 g/mol. The second-order valence-corrected chi connectivity index (χ2v) is 5.69. The number of rotatable bonds is 4. The molecule has 122 valence electrons. The minimum absolute atomic E-state index is 0.319. The molecule has 0 spiro atoms. The highest BCUT2D eigenvalue weighted by molar-refractivity contribution is 6.30. The number of benzene rings is 2. The van der Waals surface area contributed by atoms with Gasteiger partial charge < -0.3 is 14.3 Å². The third-order valence-electron chi connectivity index (χ3n) is 3.52. The lowest BCUT2D eigenvalue weighted by molar-refractivity contribution is -0.144. The van der Waals surface area contributed by atoms with Crippen molar-refractivity contribution in [1.29, 1.82) is 0 Å². The topological polar surface area (TPSA) is 76.7 Å². The van der Waals surface area contributed by atoms with E-state index in [1.165, 1.54) is 13.0 Å². The Kier molecular flexibility index (Phi) is 4.27. The van der Waals surface area contributed by atoms with Crippen LogP contribution in [0.15, 0.2) is 57.7 Å². The van der Waals surface area contributed by atoms with E-state index in [0.29, 0.717) is 32.9 Å². The number of carboxylic acids is 1. The zero-order valence-corrected chi connectivity index (χ0v) is 13.4. The minimum Gasteiger partial charge on any atom is -0.479 e. The Balaban J connectivity index is 2.02. The van der Waals surface area contributed by atoms with Crippen LogP contribution in [0.4, 0.5) is 0 Å². The molecule has 0 fully saturated rings. The van der Waals surface area contributed by atoms with Gasteiger partial charge in [-0.15, -0.1) is 0 Å². The number of carboxylic acid groups (broad SMARTS) is 1. The van der Waals surface area contributed by atoms with E-state index in [1.54, 1.807) is 42.5 Å². The third-order valence-corrected chi connectivity index (χ3v) is 3.78. The SMILES string of the molecule is C[C@H](Oc1ccc2cc(-c3ccc(Cl)cc3)c(=O)oc2c1)C(=O)O. The maximum atomic E-state index is 12.2. The highest BCUT2D eigenvalue weighted by Crippen LogP contribution is 2.25. The Morgan fingerprint density at radius 1 is 1.17 bits per heavy atom. The molecule has 24 heavy (non-hydrogen) atoms. The van der Waals surface area contributed by atoms with Crippen molar-refractivity contribution >= 4 is 28.5 Å². The van der Waals surface area contributed by atoms with Crippen molar-refractivity contribution in [2.75, 3.05) is 0 Å². The zero-order chi connectivity index (χ0) is 17.3. The first-order valence-corrected chi connectivity index (χ1v) is 7.55.